The first kappa shape index (κ1) is 25.8. The maximum absolute atomic E-state index is 14.0. The van der Waals surface area contributed by atoms with Gasteiger partial charge in [0, 0.05) is 36.7 Å². The van der Waals surface area contributed by atoms with Gasteiger partial charge in [-0.05, 0) is 35.7 Å². The summed E-state index contributed by atoms with van der Waals surface area (Å²) in [6.07, 6.45) is -2.47. The first-order chi connectivity index (χ1) is 17.7. The summed E-state index contributed by atoms with van der Waals surface area (Å²) in [6.45, 7) is 1.90. The number of hydrogen-bond donors (Lipinski definition) is 3. The summed E-state index contributed by atoms with van der Waals surface area (Å²) < 4.78 is 52.4. The molecule has 11 heteroatoms. The zero-order chi connectivity index (χ0) is 26.6. The van der Waals surface area contributed by atoms with Crippen LogP contribution in [0.3, 0.4) is 0 Å². The molecule has 0 aliphatic carbocycles. The number of rotatable bonds is 9. The fourth-order valence-corrected chi connectivity index (χ4v) is 3.97. The van der Waals surface area contributed by atoms with E-state index in [1.807, 2.05) is 19.1 Å². The van der Waals surface area contributed by atoms with Crippen LogP contribution in [0.2, 0.25) is 0 Å². The van der Waals surface area contributed by atoms with E-state index in [0.29, 0.717) is 29.0 Å². The Bertz CT molecular complexity index is 1380. The van der Waals surface area contributed by atoms with E-state index in [0.717, 1.165) is 16.8 Å². The third-order valence-corrected chi connectivity index (χ3v) is 5.99. The molecule has 0 fully saturated rings. The number of hydrogen-bond acceptors (Lipinski definition) is 5. The van der Waals surface area contributed by atoms with Gasteiger partial charge in [-0.2, -0.15) is 23.4 Å². The van der Waals surface area contributed by atoms with E-state index in [1.165, 1.54) is 14.2 Å². The monoisotopic (exact) mass is 513 g/mol. The number of H-pyrrole nitrogens is 2. The van der Waals surface area contributed by atoms with Gasteiger partial charge in [0.05, 0.1) is 26.1 Å². The topological polar surface area (TPSA) is 105 Å². The SMILES string of the molecule is COc1ccc(CNC(=O)c2n[nH]c(Cc3ccc(Cc4[nH]ncc4C)cc3)c2C(F)(F)F)c(OC)c1. The first-order valence-corrected chi connectivity index (χ1v) is 11.4. The Balaban J connectivity index is 1.50. The van der Waals surface area contributed by atoms with Crippen LogP contribution in [0.1, 0.15) is 49.7 Å². The van der Waals surface area contributed by atoms with Crippen LogP contribution >= 0.6 is 0 Å². The fraction of sp³-hybridized carbons (Fsp3) is 0.269. The number of amides is 1. The minimum absolute atomic E-state index is 0.0528. The van der Waals surface area contributed by atoms with Crippen LogP contribution in [0.4, 0.5) is 13.2 Å². The van der Waals surface area contributed by atoms with Gasteiger partial charge in [-0.25, -0.2) is 0 Å². The smallest absolute Gasteiger partial charge is 0.420 e. The Morgan fingerprint density at radius 3 is 2.22 bits per heavy atom. The molecule has 0 saturated heterocycles. The number of methoxy groups -OCH3 is 2. The van der Waals surface area contributed by atoms with Gasteiger partial charge in [-0.3, -0.25) is 15.0 Å². The lowest BCUT2D eigenvalue weighted by Gasteiger charge is -2.12. The van der Waals surface area contributed by atoms with Gasteiger partial charge >= 0.3 is 6.18 Å². The molecule has 0 spiro atoms. The van der Waals surface area contributed by atoms with Crippen molar-refractivity contribution >= 4 is 5.91 Å². The van der Waals surface area contributed by atoms with Crippen LogP contribution in [-0.4, -0.2) is 40.5 Å². The highest BCUT2D eigenvalue weighted by Crippen LogP contribution is 2.35. The molecule has 194 valence electrons. The second-order valence-electron chi connectivity index (χ2n) is 8.49. The highest BCUT2D eigenvalue weighted by atomic mass is 19.4. The Morgan fingerprint density at radius 2 is 1.65 bits per heavy atom. The van der Waals surface area contributed by atoms with Gasteiger partial charge in [0.15, 0.2) is 5.69 Å². The number of aromatic nitrogens is 4. The van der Waals surface area contributed by atoms with Gasteiger partial charge in [0.25, 0.3) is 5.91 Å². The van der Waals surface area contributed by atoms with Gasteiger partial charge < -0.3 is 14.8 Å². The maximum atomic E-state index is 14.0. The normalized spacial score (nSPS) is 11.4. The first-order valence-electron chi connectivity index (χ1n) is 11.4. The lowest BCUT2D eigenvalue weighted by atomic mass is 10.0. The summed E-state index contributed by atoms with van der Waals surface area (Å²) in [5, 5.41) is 15.6. The molecular formula is C26H26F3N5O3. The Labute approximate surface area is 211 Å². The van der Waals surface area contributed by atoms with Gasteiger partial charge in [-0.15, -0.1) is 0 Å². The van der Waals surface area contributed by atoms with E-state index in [1.54, 1.807) is 36.5 Å². The molecule has 2 aromatic carbocycles. The summed E-state index contributed by atoms with van der Waals surface area (Å²) in [5.41, 5.74) is 2.25. The Kier molecular flexibility index (Phi) is 7.51. The van der Waals surface area contributed by atoms with E-state index in [4.69, 9.17) is 9.47 Å². The predicted molar refractivity (Wildman–Crippen MR) is 130 cm³/mol. The molecule has 4 aromatic rings. The highest BCUT2D eigenvalue weighted by molar-refractivity contribution is 5.94. The third-order valence-electron chi connectivity index (χ3n) is 5.99. The van der Waals surface area contributed by atoms with Crippen molar-refractivity contribution in [1.29, 1.82) is 0 Å². The van der Waals surface area contributed by atoms with E-state index in [-0.39, 0.29) is 18.7 Å². The van der Waals surface area contributed by atoms with Crippen LogP contribution in [-0.2, 0) is 25.6 Å². The van der Waals surface area contributed by atoms with Crippen LogP contribution in [0, 0.1) is 6.92 Å². The molecule has 0 atom stereocenters. The number of alkyl halides is 3. The van der Waals surface area contributed by atoms with Crippen molar-refractivity contribution < 1.29 is 27.4 Å². The minimum Gasteiger partial charge on any atom is -0.497 e. The summed E-state index contributed by atoms with van der Waals surface area (Å²) in [7, 11) is 2.95. The van der Waals surface area contributed by atoms with Crippen molar-refractivity contribution in [1.82, 2.24) is 25.7 Å². The standard InChI is InChI=1S/C26H26F3N5O3/c1-15-13-31-32-20(15)10-16-4-6-17(7-5-16)11-21-23(26(27,28)29)24(34-33-21)25(35)30-14-18-8-9-19(36-2)12-22(18)37-3/h4-9,12-13H,10-11,14H2,1-3H3,(H,30,35)(H,31,32)(H,33,34). The molecule has 0 unspecified atom stereocenters. The third kappa shape index (κ3) is 5.93. The summed E-state index contributed by atoms with van der Waals surface area (Å²) in [6, 6.07) is 12.2. The van der Waals surface area contributed by atoms with Crippen LogP contribution < -0.4 is 14.8 Å². The van der Waals surface area contributed by atoms with Gasteiger partial charge in [0.2, 0.25) is 0 Å². The number of nitrogens with zero attached hydrogens (tertiary/aromatic N) is 2. The number of halogens is 3. The lowest BCUT2D eigenvalue weighted by Crippen LogP contribution is -2.26. The van der Waals surface area contributed by atoms with E-state index in [2.05, 4.69) is 25.7 Å². The molecule has 8 nitrogen and oxygen atoms in total. The molecule has 1 amide bonds. The summed E-state index contributed by atoms with van der Waals surface area (Å²) >= 11 is 0. The Hall–Kier alpha value is -4.28. The largest absolute Gasteiger partial charge is 0.497 e. The number of carbonyl (C=O) groups is 1. The minimum atomic E-state index is -4.77. The van der Waals surface area contributed by atoms with Crippen molar-refractivity contribution in [3.63, 3.8) is 0 Å². The molecular weight excluding hydrogens is 487 g/mol. The molecule has 0 bridgehead atoms. The van der Waals surface area contributed by atoms with E-state index in [9.17, 15) is 18.0 Å². The molecule has 4 rings (SSSR count). The number of ether oxygens (including phenoxy) is 2. The fourth-order valence-electron chi connectivity index (χ4n) is 3.97. The zero-order valence-electron chi connectivity index (χ0n) is 20.5. The van der Waals surface area contributed by atoms with Crippen molar-refractivity contribution in [2.24, 2.45) is 0 Å². The second-order valence-corrected chi connectivity index (χ2v) is 8.49. The molecule has 2 aromatic heterocycles. The highest BCUT2D eigenvalue weighted by Gasteiger charge is 2.40. The average Bonchev–Trinajstić information content (AvgIpc) is 3.49. The number of nitrogens with one attached hydrogen (secondary N) is 3. The molecule has 0 radical (unpaired) electrons. The quantitative estimate of drug-likeness (QED) is 0.304. The zero-order valence-corrected chi connectivity index (χ0v) is 20.5. The molecule has 0 aliphatic rings. The summed E-state index contributed by atoms with van der Waals surface area (Å²) in [4.78, 5) is 12.7. The van der Waals surface area contributed by atoms with Crippen molar-refractivity contribution in [3.8, 4) is 11.5 Å². The average molecular weight is 514 g/mol. The van der Waals surface area contributed by atoms with Gasteiger partial charge in [-0.1, -0.05) is 24.3 Å². The van der Waals surface area contributed by atoms with Crippen molar-refractivity contribution in [3.05, 3.63) is 93.6 Å². The Morgan fingerprint density at radius 1 is 0.973 bits per heavy atom. The number of aromatic amines is 2. The number of carbonyl (C=O) groups excluding carboxylic acids is 1. The molecule has 2 heterocycles. The van der Waals surface area contributed by atoms with Crippen LogP contribution in [0.5, 0.6) is 11.5 Å². The lowest BCUT2D eigenvalue weighted by molar-refractivity contribution is -0.138. The molecule has 0 saturated carbocycles. The van der Waals surface area contributed by atoms with Gasteiger partial charge in [0.1, 0.15) is 17.1 Å². The maximum Gasteiger partial charge on any atom is 0.420 e. The second kappa shape index (κ2) is 10.8. The van der Waals surface area contributed by atoms with E-state index >= 15 is 0 Å². The molecule has 37 heavy (non-hydrogen) atoms. The molecule has 3 N–H and O–H groups in total. The van der Waals surface area contributed by atoms with Crippen LogP contribution in [0.15, 0.2) is 48.7 Å². The van der Waals surface area contributed by atoms with Crippen molar-refractivity contribution in [2.45, 2.75) is 32.5 Å². The van der Waals surface area contributed by atoms with E-state index < -0.39 is 23.3 Å². The van der Waals surface area contributed by atoms with Crippen LogP contribution in [0.25, 0.3) is 0 Å². The number of aryl methyl sites for hydroxylation is 1. The predicted octanol–water partition coefficient (Wildman–Crippen LogP) is 4.59. The number of benzene rings is 2. The summed E-state index contributed by atoms with van der Waals surface area (Å²) in [5.74, 6) is 0.0372. The van der Waals surface area contributed by atoms with Crippen molar-refractivity contribution in [2.75, 3.05) is 14.2 Å². The molecule has 0 aliphatic heterocycles.